The average Bonchev–Trinajstić information content (AvgIpc) is 2.98. The first kappa shape index (κ1) is 15.7. The number of aromatic nitrogens is 2. The highest BCUT2D eigenvalue weighted by Crippen LogP contribution is 2.25. The molecule has 0 saturated carbocycles. The molecule has 1 aromatic carbocycles. The zero-order valence-corrected chi connectivity index (χ0v) is 13.5. The molecule has 1 atom stereocenters. The topological polar surface area (TPSA) is 93.1 Å². The number of nitrogens with one attached hydrogen (secondary N) is 2. The SMILES string of the molecule is CC(Cn1cccn1)NS(=O)(=O)c1ccc2c(c1)CCC(=O)N2. The van der Waals surface area contributed by atoms with Crippen molar-refractivity contribution in [1.82, 2.24) is 14.5 Å². The first-order valence-corrected chi connectivity index (χ1v) is 8.85. The largest absolute Gasteiger partial charge is 0.326 e. The summed E-state index contributed by atoms with van der Waals surface area (Å²) in [5.41, 5.74) is 1.52. The molecule has 122 valence electrons. The van der Waals surface area contributed by atoms with Gasteiger partial charge in [-0.15, -0.1) is 0 Å². The van der Waals surface area contributed by atoms with Crippen LogP contribution in [0.15, 0.2) is 41.6 Å². The zero-order valence-electron chi connectivity index (χ0n) is 12.7. The van der Waals surface area contributed by atoms with E-state index in [-0.39, 0.29) is 16.8 Å². The maximum absolute atomic E-state index is 12.5. The molecule has 1 aliphatic heterocycles. The van der Waals surface area contributed by atoms with E-state index in [0.717, 1.165) is 5.56 Å². The third-order valence-corrected chi connectivity index (χ3v) is 5.25. The van der Waals surface area contributed by atoms with Gasteiger partial charge in [0.25, 0.3) is 0 Å². The van der Waals surface area contributed by atoms with Crippen LogP contribution < -0.4 is 10.0 Å². The van der Waals surface area contributed by atoms with Gasteiger partial charge in [0.2, 0.25) is 15.9 Å². The van der Waals surface area contributed by atoms with E-state index in [0.29, 0.717) is 25.1 Å². The number of rotatable bonds is 5. The average molecular weight is 334 g/mol. The molecule has 7 nitrogen and oxygen atoms in total. The summed E-state index contributed by atoms with van der Waals surface area (Å²) in [6.45, 7) is 2.24. The molecule has 2 heterocycles. The molecule has 23 heavy (non-hydrogen) atoms. The van der Waals surface area contributed by atoms with Crippen LogP contribution in [0.3, 0.4) is 0 Å². The fraction of sp³-hybridized carbons (Fsp3) is 0.333. The number of carbonyl (C=O) groups is 1. The number of hydrogen-bond donors (Lipinski definition) is 2. The van der Waals surface area contributed by atoms with Crippen LogP contribution in [-0.4, -0.2) is 30.1 Å². The lowest BCUT2D eigenvalue weighted by atomic mass is 10.0. The van der Waals surface area contributed by atoms with E-state index < -0.39 is 10.0 Å². The Labute approximate surface area is 134 Å². The number of nitrogens with zero attached hydrogens (tertiary/aromatic N) is 2. The van der Waals surface area contributed by atoms with Crippen LogP contribution in [-0.2, 0) is 27.8 Å². The van der Waals surface area contributed by atoms with Crippen LogP contribution in [0.4, 0.5) is 5.69 Å². The van der Waals surface area contributed by atoms with Crippen molar-refractivity contribution in [3.8, 4) is 0 Å². The third kappa shape index (κ3) is 3.59. The van der Waals surface area contributed by atoms with Crippen molar-refractivity contribution >= 4 is 21.6 Å². The predicted octanol–water partition coefficient (Wildman–Crippen LogP) is 1.13. The lowest BCUT2D eigenvalue weighted by Crippen LogP contribution is -2.36. The second kappa shape index (κ2) is 6.13. The van der Waals surface area contributed by atoms with Crippen molar-refractivity contribution in [2.75, 3.05) is 5.32 Å². The van der Waals surface area contributed by atoms with Crippen LogP contribution in [0, 0.1) is 0 Å². The van der Waals surface area contributed by atoms with Gasteiger partial charge in [-0.25, -0.2) is 13.1 Å². The maximum Gasteiger partial charge on any atom is 0.240 e. The van der Waals surface area contributed by atoms with E-state index in [1.165, 1.54) is 6.07 Å². The highest BCUT2D eigenvalue weighted by atomic mass is 32.2. The van der Waals surface area contributed by atoms with Gasteiger partial charge in [-0.2, -0.15) is 5.10 Å². The Morgan fingerprint density at radius 1 is 1.39 bits per heavy atom. The Hall–Kier alpha value is -2.19. The van der Waals surface area contributed by atoms with E-state index in [9.17, 15) is 13.2 Å². The van der Waals surface area contributed by atoms with E-state index in [1.807, 2.05) is 0 Å². The molecular formula is C15H18N4O3S. The van der Waals surface area contributed by atoms with E-state index in [4.69, 9.17) is 0 Å². The molecule has 0 fully saturated rings. The van der Waals surface area contributed by atoms with E-state index in [1.54, 1.807) is 42.2 Å². The number of carbonyl (C=O) groups excluding carboxylic acids is 1. The van der Waals surface area contributed by atoms with Crippen molar-refractivity contribution < 1.29 is 13.2 Å². The molecule has 2 aromatic rings. The summed E-state index contributed by atoms with van der Waals surface area (Å²) in [5, 5.41) is 6.81. The summed E-state index contributed by atoms with van der Waals surface area (Å²) in [6, 6.07) is 6.26. The molecule has 0 spiro atoms. The molecule has 2 N–H and O–H groups in total. The number of anilines is 1. The summed E-state index contributed by atoms with van der Waals surface area (Å²) < 4.78 is 29.3. The second-order valence-electron chi connectivity index (χ2n) is 5.62. The van der Waals surface area contributed by atoms with E-state index >= 15 is 0 Å². The summed E-state index contributed by atoms with van der Waals surface area (Å²) in [5.74, 6) is -0.0425. The molecule has 3 rings (SSSR count). The van der Waals surface area contributed by atoms with Crippen LogP contribution in [0.5, 0.6) is 0 Å². The van der Waals surface area contributed by atoms with Crippen LogP contribution in [0.1, 0.15) is 18.9 Å². The summed E-state index contributed by atoms with van der Waals surface area (Å²) in [7, 11) is -3.61. The predicted molar refractivity (Wildman–Crippen MR) is 85.4 cm³/mol. The minimum absolute atomic E-state index is 0.0425. The number of fused-ring (bicyclic) bond motifs is 1. The molecule has 1 aliphatic rings. The van der Waals surface area contributed by atoms with Crippen molar-refractivity contribution in [1.29, 1.82) is 0 Å². The lowest BCUT2D eigenvalue weighted by molar-refractivity contribution is -0.116. The Morgan fingerprint density at radius 3 is 2.96 bits per heavy atom. The highest BCUT2D eigenvalue weighted by molar-refractivity contribution is 7.89. The molecule has 0 saturated heterocycles. The monoisotopic (exact) mass is 334 g/mol. The molecule has 1 aromatic heterocycles. The van der Waals surface area contributed by atoms with Crippen molar-refractivity contribution in [2.45, 2.75) is 37.2 Å². The van der Waals surface area contributed by atoms with Gasteiger partial charge in [-0.05, 0) is 43.2 Å². The van der Waals surface area contributed by atoms with Gasteiger partial charge in [-0.3, -0.25) is 9.48 Å². The first-order chi connectivity index (χ1) is 10.9. The standard InChI is InChI=1S/C15H18N4O3S/c1-11(10-19-8-2-7-16-19)18-23(21,22)13-4-5-14-12(9-13)3-6-15(20)17-14/h2,4-5,7-9,11,18H,3,6,10H2,1H3,(H,17,20). The smallest absolute Gasteiger partial charge is 0.240 e. The third-order valence-electron chi connectivity index (χ3n) is 3.66. The molecular weight excluding hydrogens is 316 g/mol. The van der Waals surface area contributed by atoms with Crippen molar-refractivity contribution in [3.63, 3.8) is 0 Å². The maximum atomic E-state index is 12.5. The quantitative estimate of drug-likeness (QED) is 0.857. The fourth-order valence-electron chi connectivity index (χ4n) is 2.59. The normalized spacial score (nSPS) is 15.8. The Balaban J connectivity index is 1.75. The van der Waals surface area contributed by atoms with Gasteiger partial charge >= 0.3 is 0 Å². The van der Waals surface area contributed by atoms with Crippen molar-refractivity contribution in [2.24, 2.45) is 0 Å². The number of aryl methyl sites for hydroxylation is 1. The minimum atomic E-state index is -3.61. The lowest BCUT2D eigenvalue weighted by Gasteiger charge is -2.19. The fourth-order valence-corrected chi connectivity index (χ4v) is 3.87. The number of benzene rings is 1. The van der Waals surface area contributed by atoms with Crippen LogP contribution in [0.2, 0.25) is 0 Å². The number of amides is 1. The Bertz CT molecular complexity index is 815. The van der Waals surface area contributed by atoms with Gasteiger partial charge in [0.05, 0.1) is 11.4 Å². The zero-order chi connectivity index (χ0) is 16.4. The molecule has 0 bridgehead atoms. The van der Waals surface area contributed by atoms with E-state index in [2.05, 4.69) is 15.1 Å². The molecule has 0 radical (unpaired) electrons. The first-order valence-electron chi connectivity index (χ1n) is 7.36. The Kier molecular flexibility index (Phi) is 4.18. The van der Waals surface area contributed by atoms with Gasteiger partial charge in [0.1, 0.15) is 0 Å². The van der Waals surface area contributed by atoms with Crippen LogP contribution >= 0.6 is 0 Å². The van der Waals surface area contributed by atoms with Gasteiger partial charge in [0, 0.05) is 30.5 Å². The van der Waals surface area contributed by atoms with Crippen molar-refractivity contribution in [3.05, 3.63) is 42.2 Å². The molecule has 8 heteroatoms. The Morgan fingerprint density at radius 2 is 2.22 bits per heavy atom. The van der Waals surface area contributed by atoms with Crippen LogP contribution in [0.25, 0.3) is 0 Å². The summed E-state index contributed by atoms with van der Waals surface area (Å²) >= 11 is 0. The molecule has 1 unspecified atom stereocenters. The van der Waals surface area contributed by atoms with Gasteiger partial charge < -0.3 is 5.32 Å². The summed E-state index contributed by atoms with van der Waals surface area (Å²) in [4.78, 5) is 11.6. The summed E-state index contributed by atoms with van der Waals surface area (Å²) in [6.07, 6.45) is 4.36. The molecule has 0 aliphatic carbocycles. The van der Waals surface area contributed by atoms with Gasteiger partial charge in [0.15, 0.2) is 0 Å². The highest BCUT2D eigenvalue weighted by Gasteiger charge is 2.21. The minimum Gasteiger partial charge on any atom is -0.326 e. The van der Waals surface area contributed by atoms with Gasteiger partial charge in [-0.1, -0.05) is 0 Å². The molecule has 1 amide bonds. The number of sulfonamides is 1. The number of hydrogen-bond acceptors (Lipinski definition) is 4. The second-order valence-corrected chi connectivity index (χ2v) is 7.33.